The summed E-state index contributed by atoms with van der Waals surface area (Å²) in [6.45, 7) is 3.84. The van der Waals surface area contributed by atoms with Gasteiger partial charge in [-0.3, -0.25) is 14.9 Å². The first kappa shape index (κ1) is 21.1. The molecule has 0 spiro atoms. The minimum atomic E-state index is -0.685. The van der Waals surface area contributed by atoms with Crippen molar-refractivity contribution in [2.75, 3.05) is 4.90 Å². The molecule has 31 heavy (non-hydrogen) atoms. The number of anilines is 1. The Hall–Kier alpha value is -3.10. The normalized spacial score (nSPS) is 15.5. The zero-order valence-electron chi connectivity index (χ0n) is 16.6. The lowest BCUT2D eigenvalue weighted by Gasteiger charge is -2.29. The molecule has 0 radical (unpaired) electrons. The summed E-state index contributed by atoms with van der Waals surface area (Å²) in [6, 6.07) is 15.5. The number of para-hydroxylation sites is 2. The Morgan fingerprint density at radius 2 is 1.65 bits per heavy atom. The molecule has 2 aromatic carbocycles. The van der Waals surface area contributed by atoms with Crippen molar-refractivity contribution in [2.24, 2.45) is 0 Å². The van der Waals surface area contributed by atoms with Crippen LogP contribution in [0.3, 0.4) is 0 Å². The average Bonchev–Trinajstić information content (AvgIpc) is 2.95. The lowest BCUT2D eigenvalue weighted by molar-refractivity contribution is -0.122. The predicted molar refractivity (Wildman–Crippen MR) is 126 cm³/mol. The van der Waals surface area contributed by atoms with Crippen molar-refractivity contribution in [1.29, 1.82) is 0 Å². The highest BCUT2D eigenvalue weighted by Crippen LogP contribution is 2.33. The Labute approximate surface area is 192 Å². The number of thiocarbonyl (C=S) groups is 1. The van der Waals surface area contributed by atoms with Gasteiger partial charge in [-0.1, -0.05) is 30.3 Å². The van der Waals surface area contributed by atoms with Gasteiger partial charge in [0.1, 0.15) is 11.4 Å². The molecule has 1 N–H and O–H groups in total. The van der Waals surface area contributed by atoms with Crippen LogP contribution < -0.4 is 10.2 Å². The number of hydrogen-bond donors (Lipinski definition) is 1. The highest BCUT2D eigenvalue weighted by Gasteiger charge is 2.36. The Kier molecular flexibility index (Phi) is 5.60. The number of aromatic nitrogens is 1. The van der Waals surface area contributed by atoms with Crippen molar-refractivity contribution in [3.63, 3.8) is 0 Å². The maximum absolute atomic E-state index is 14.3. The SMILES string of the molecule is Cc1c(Br)c(/C=C2\C(=O)NC(=S)N(c3ccccc3F)C2=O)c(C)n1-c1ccccc1. The molecule has 2 amide bonds. The number of rotatable bonds is 3. The van der Waals surface area contributed by atoms with Gasteiger partial charge < -0.3 is 4.57 Å². The van der Waals surface area contributed by atoms with Crippen molar-refractivity contribution < 1.29 is 14.0 Å². The topological polar surface area (TPSA) is 54.3 Å². The molecular weight excluding hydrogens is 481 g/mol. The number of halogens is 2. The number of carbonyl (C=O) groups excluding carboxylic acids is 2. The van der Waals surface area contributed by atoms with Gasteiger partial charge in [-0.05, 0) is 72.3 Å². The van der Waals surface area contributed by atoms with E-state index in [2.05, 4.69) is 21.2 Å². The first-order valence-electron chi connectivity index (χ1n) is 9.40. The smallest absolute Gasteiger partial charge is 0.270 e. The first-order chi connectivity index (χ1) is 14.8. The lowest BCUT2D eigenvalue weighted by Crippen LogP contribution is -2.54. The fourth-order valence-electron chi connectivity index (χ4n) is 3.61. The maximum Gasteiger partial charge on any atom is 0.270 e. The molecule has 1 fully saturated rings. The highest BCUT2D eigenvalue weighted by atomic mass is 79.9. The van der Waals surface area contributed by atoms with E-state index in [1.54, 1.807) is 6.07 Å². The van der Waals surface area contributed by atoms with E-state index in [1.165, 1.54) is 24.3 Å². The molecule has 2 heterocycles. The fourth-order valence-corrected chi connectivity index (χ4v) is 4.46. The fraction of sp³-hybridized carbons (Fsp3) is 0.0870. The lowest BCUT2D eigenvalue weighted by atomic mass is 10.1. The Morgan fingerprint density at radius 3 is 2.32 bits per heavy atom. The van der Waals surface area contributed by atoms with Gasteiger partial charge in [0.2, 0.25) is 0 Å². The summed E-state index contributed by atoms with van der Waals surface area (Å²) < 4.78 is 17.1. The molecule has 1 saturated heterocycles. The largest absolute Gasteiger partial charge is 0.317 e. The summed E-state index contributed by atoms with van der Waals surface area (Å²) in [5.41, 5.74) is 3.25. The minimum Gasteiger partial charge on any atom is -0.317 e. The van der Waals surface area contributed by atoms with Gasteiger partial charge in [-0.25, -0.2) is 9.29 Å². The average molecular weight is 498 g/mol. The third kappa shape index (κ3) is 3.62. The summed E-state index contributed by atoms with van der Waals surface area (Å²) in [5, 5.41) is 2.33. The van der Waals surface area contributed by atoms with Crippen LogP contribution in [-0.2, 0) is 9.59 Å². The molecule has 1 aromatic heterocycles. The molecule has 0 atom stereocenters. The first-order valence-corrected chi connectivity index (χ1v) is 10.6. The molecule has 1 aliphatic rings. The van der Waals surface area contributed by atoms with E-state index in [-0.39, 0.29) is 16.4 Å². The molecule has 4 rings (SSSR count). The van der Waals surface area contributed by atoms with Gasteiger partial charge in [0.15, 0.2) is 5.11 Å². The number of nitrogens with zero attached hydrogens (tertiary/aromatic N) is 2. The summed E-state index contributed by atoms with van der Waals surface area (Å²) in [4.78, 5) is 26.8. The second-order valence-corrected chi connectivity index (χ2v) is 8.16. The number of amides is 2. The molecule has 156 valence electrons. The Morgan fingerprint density at radius 1 is 1.00 bits per heavy atom. The van der Waals surface area contributed by atoms with Crippen molar-refractivity contribution in [3.05, 3.63) is 87.4 Å². The second kappa shape index (κ2) is 8.20. The van der Waals surface area contributed by atoms with Gasteiger partial charge in [0.25, 0.3) is 11.8 Å². The number of nitrogens with one attached hydrogen (secondary N) is 1. The number of carbonyl (C=O) groups is 2. The van der Waals surface area contributed by atoms with Crippen molar-refractivity contribution in [2.45, 2.75) is 13.8 Å². The van der Waals surface area contributed by atoms with E-state index in [4.69, 9.17) is 12.2 Å². The molecule has 5 nitrogen and oxygen atoms in total. The van der Waals surface area contributed by atoms with Crippen LogP contribution in [0.25, 0.3) is 11.8 Å². The van der Waals surface area contributed by atoms with Gasteiger partial charge in [0.05, 0.1) is 5.69 Å². The Bertz CT molecular complexity index is 1270. The summed E-state index contributed by atoms with van der Waals surface area (Å²) >= 11 is 8.74. The Balaban J connectivity index is 1.83. The van der Waals surface area contributed by atoms with Crippen molar-refractivity contribution in [1.82, 2.24) is 9.88 Å². The van der Waals surface area contributed by atoms with Crippen LogP contribution in [0.1, 0.15) is 17.0 Å². The van der Waals surface area contributed by atoms with E-state index in [9.17, 15) is 14.0 Å². The summed E-state index contributed by atoms with van der Waals surface area (Å²) in [6.07, 6.45) is 1.51. The molecule has 0 unspecified atom stereocenters. The monoisotopic (exact) mass is 497 g/mol. The van der Waals surface area contributed by atoms with E-state index < -0.39 is 17.6 Å². The van der Waals surface area contributed by atoms with Crippen LogP contribution in [0, 0.1) is 19.7 Å². The minimum absolute atomic E-state index is 0.0165. The second-order valence-electron chi connectivity index (χ2n) is 6.98. The third-order valence-electron chi connectivity index (χ3n) is 5.11. The summed E-state index contributed by atoms with van der Waals surface area (Å²) in [5.74, 6) is -1.92. The zero-order valence-corrected chi connectivity index (χ0v) is 19.1. The highest BCUT2D eigenvalue weighted by molar-refractivity contribution is 9.10. The van der Waals surface area contributed by atoms with Crippen molar-refractivity contribution in [3.8, 4) is 5.69 Å². The van der Waals surface area contributed by atoms with Crippen LogP contribution in [0.2, 0.25) is 0 Å². The van der Waals surface area contributed by atoms with Crippen LogP contribution in [0.15, 0.2) is 64.6 Å². The van der Waals surface area contributed by atoms with Crippen molar-refractivity contribution >= 4 is 56.8 Å². The molecule has 3 aromatic rings. The molecule has 8 heteroatoms. The third-order valence-corrected chi connectivity index (χ3v) is 6.40. The van der Waals surface area contributed by atoms with Gasteiger partial charge in [0, 0.05) is 27.1 Å². The quantitative estimate of drug-likeness (QED) is 0.320. The molecule has 0 aliphatic carbocycles. The zero-order chi connectivity index (χ0) is 22.3. The standard InChI is InChI=1S/C23H17BrFN3O2S/c1-13-16(20(24)14(2)27(13)15-8-4-3-5-9-15)12-17-21(29)26-23(31)28(22(17)30)19-11-7-6-10-18(19)25/h3-12H,1-2H3,(H,26,29,31)/b17-12+. The van der Waals surface area contributed by atoms with Gasteiger partial charge in [-0.2, -0.15) is 0 Å². The van der Waals surface area contributed by atoms with Crippen LogP contribution in [0.4, 0.5) is 10.1 Å². The molecule has 0 bridgehead atoms. The van der Waals surface area contributed by atoms with Crippen LogP contribution in [-0.4, -0.2) is 21.5 Å². The van der Waals surface area contributed by atoms with Crippen LogP contribution >= 0.6 is 28.1 Å². The molecular formula is C23H17BrFN3O2S. The predicted octanol–water partition coefficient (Wildman–Crippen LogP) is 4.83. The number of hydrogen-bond acceptors (Lipinski definition) is 3. The maximum atomic E-state index is 14.3. The molecule has 1 aliphatic heterocycles. The molecule has 0 saturated carbocycles. The van der Waals surface area contributed by atoms with E-state index in [0.29, 0.717) is 5.56 Å². The summed E-state index contributed by atoms with van der Waals surface area (Å²) in [7, 11) is 0. The van der Waals surface area contributed by atoms with Gasteiger partial charge in [-0.15, -0.1) is 0 Å². The van der Waals surface area contributed by atoms with E-state index in [1.807, 2.05) is 48.7 Å². The number of benzene rings is 2. The van der Waals surface area contributed by atoms with Crippen LogP contribution in [0.5, 0.6) is 0 Å². The van der Waals surface area contributed by atoms with E-state index in [0.717, 1.165) is 26.4 Å². The van der Waals surface area contributed by atoms with Gasteiger partial charge >= 0.3 is 0 Å². The van der Waals surface area contributed by atoms with E-state index >= 15 is 0 Å².